The zero-order valence-corrected chi connectivity index (χ0v) is 26.9. The number of aromatic nitrogens is 4. The second-order valence-electron chi connectivity index (χ2n) is 11.5. The van der Waals surface area contributed by atoms with E-state index in [-0.39, 0.29) is 52.5 Å². The fourth-order valence-corrected chi connectivity index (χ4v) is 6.53. The number of carboxylic acids is 3. The third kappa shape index (κ3) is 5.98. The molecule has 0 radical (unpaired) electrons. The van der Waals surface area contributed by atoms with Crippen molar-refractivity contribution in [3.05, 3.63) is 81.4 Å². The summed E-state index contributed by atoms with van der Waals surface area (Å²) in [4.78, 5) is 53.2. The van der Waals surface area contributed by atoms with Crippen molar-refractivity contribution in [1.29, 1.82) is 0 Å². The number of nitrogens with zero attached hydrogens (tertiary/aromatic N) is 2. The Kier molecular flexibility index (Phi) is 9.56. The minimum absolute atomic E-state index is 0. The first-order chi connectivity index (χ1) is 20.9. The van der Waals surface area contributed by atoms with Crippen LogP contribution in [0.1, 0.15) is 101 Å². The number of H-pyrrole nitrogens is 2. The summed E-state index contributed by atoms with van der Waals surface area (Å²) in [6.07, 6.45) is 2.04. The summed E-state index contributed by atoms with van der Waals surface area (Å²) < 4.78 is 0. The number of carboxylic acid groups (broad SMARTS) is 3. The first-order valence-electron chi connectivity index (χ1n) is 14.6. The van der Waals surface area contributed by atoms with Crippen LogP contribution in [-0.2, 0) is 39.5 Å². The molecule has 11 heteroatoms. The number of hydrogen-bond acceptors (Lipinski definition) is 5. The molecule has 0 spiro atoms. The van der Waals surface area contributed by atoms with Crippen LogP contribution in [0.3, 0.4) is 0 Å². The Bertz CT molecular complexity index is 1950. The third-order valence-electron chi connectivity index (χ3n) is 8.95. The molecule has 0 unspecified atom stereocenters. The van der Waals surface area contributed by atoms with E-state index in [2.05, 4.69) is 16.5 Å². The molecule has 0 fully saturated rings. The van der Waals surface area contributed by atoms with E-state index in [1.807, 2.05) is 45.9 Å². The summed E-state index contributed by atoms with van der Waals surface area (Å²) in [7, 11) is 0. The second-order valence-corrected chi connectivity index (χ2v) is 11.5. The molecule has 5 rings (SSSR count). The molecule has 3 aromatic rings. The van der Waals surface area contributed by atoms with Gasteiger partial charge in [-0.25, -0.2) is 9.78 Å². The van der Waals surface area contributed by atoms with Crippen LogP contribution in [0.15, 0.2) is 30.9 Å². The molecule has 5 heterocycles. The standard InChI is InChI=1S/C34H36N4O6.Fe/c1-7-19-15(3)23-12-25-17(5)21(9-10-29(39)40)32(37-25)22(11-30(41)42)33-31(34(43)44)18(6)26(38-33)14-28-20(8-2)16(4)24(36-28)13-27(19)35-23;/h7,12-14,17,21,36,38H,1,8-11H2,2-6H3,(H,39,40)(H,41,42)(H,43,44);/t17-,21-;/m0./s1. The minimum Gasteiger partial charge on any atom is -0.481 e. The topological polar surface area (TPSA) is 169 Å². The number of aryl methyl sites for hydroxylation is 3. The molecule has 236 valence electrons. The molecule has 0 saturated heterocycles. The van der Waals surface area contributed by atoms with E-state index in [0.29, 0.717) is 28.2 Å². The van der Waals surface area contributed by atoms with E-state index >= 15 is 0 Å². The van der Waals surface area contributed by atoms with Crippen molar-refractivity contribution >= 4 is 51.1 Å². The molecular weight excluding hydrogens is 616 g/mol. The molecule has 5 N–H and O–H groups in total. The van der Waals surface area contributed by atoms with Crippen LogP contribution in [0.4, 0.5) is 0 Å². The SMILES string of the molecule is C=CC1=C(C)c2cc3nc(c(CC(=O)O)c4[nH]c(cc5[nH]c(cc1n2)c(C)c5CC)c(C)c4C(=O)O)[C@@H](CCC(=O)O)[C@@H]3C.[Fe]. The van der Waals surface area contributed by atoms with Gasteiger partial charge in [0.2, 0.25) is 0 Å². The van der Waals surface area contributed by atoms with E-state index in [1.165, 1.54) is 0 Å². The van der Waals surface area contributed by atoms with Gasteiger partial charge in [-0.15, -0.1) is 0 Å². The number of fused-ring (bicyclic) bond motifs is 8. The average Bonchev–Trinajstić information content (AvgIpc) is 3.63. The van der Waals surface area contributed by atoms with Gasteiger partial charge in [0, 0.05) is 68.7 Å². The van der Waals surface area contributed by atoms with Crippen molar-refractivity contribution in [3.8, 4) is 0 Å². The van der Waals surface area contributed by atoms with Gasteiger partial charge in [-0.2, -0.15) is 0 Å². The summed E-state index contributed by atoms with van der Waals surface area (Å²) in [5, 5.41) is 29.9. The van der Waals surface area contributed by atoms with Gasteiger partial charge in [-0.3, -0.25) is 14.6 Å². The van der Waals surface area contributed by atoms with Crippen LogP contribution in [0.5, 0.6) is 0 Å². The minimum atomic E-state index is -1.20. The molecule has 45 heavy (non-hydrogen) atoms. The van der Waals surface area contributed by atoms with Crippen LogP contribution < -0.4 is 0 Å². The molecule has 0 aromatic carbocycles. The maximum absolute atomic E-state index is 12.7. The summed E-state index contributed by atoms with van der Waals surface area (Å²) in [5.74, 6) is -4.08. The number of rotatable bonds is 8. The monoisotopic (exact) mass is 652 g/mol. The Morgan fingerprint density at radius 2 is 1.60 bits per heavy atom. The first kappa shape index (κ1) is 33.4. The predicted octanol–water partition coefficient (Wildman–Crippen LogP) is 6.69. The van der Waals surface area contributed by atoms with Crippen molar-refractivity contribution in [3.63, 3.8) is 0 Å². The van der Waals surface area contributed by atoms with Crippen LogP contribution >= 0.6 is 0 Å². The van der Waals surface area contributed by atoms with Crippen LogP contribution in [0.2, 0.25) is 0 Å². The van der Waals surface area contributed by atoms with Crippen molar-refractivity contribution in [2.75, 3.05) is 0 Å². The van der Waals surface area contributed by atoms with Gasteiger partial charge in [-0.1, -0.05) is 26.5 Å². The van der Waals surface area contributed by atoms with Gasteiger partial charge in [0.15, 0.2) is 0 Å². The maximum atomic E-state index is 12.7. The van der Waals surface area contributed by atoms with Crippen molar-refractivity contribution < 1.29 is 46.8 Å². The number of aliphatic carboxylic acids is 2. The normalized spacial score (nSPS) is 15.9. The van der Waals surface area contributed by atoms with Crippen LogP contribution in [0.25, 0.3) is 33.2 Å². The van der Waals surface area contributed by atoms with Gasteiger partial charge in [0.25, 0.3) is 0 Å². The maximum Gasteiger partial charge on any atom is 0.338 e. The van der Waals surface area contributed by atoms with Crippen molar-refractivity contribution in [2.45, 2.75) is 72.1 Å². The summed E-state index contributed by atoms with van der Waals surface area (Å²) in [6, 6.07) is 5.70. The van der Waals surface area contributed by atoms with Crippen molar-refractivity contribution in [2.24, 2.45) is 0 Å². The predicted molar refractivity (Wildman–Crippen MR) is 169 cm³/mol. The van der Waals surface area contributed by atoms with Crippen molar-refractivity contribution in [1.82, 2.24) is 19.9 Å². The Balaban J connectivity index is 0.00000461. The molecule has 0 amide bonds. The molecular formula is C34H36FeN4O6. The summed E-state index contributed by atoms with van der Waals surface area (Å²) >= 11 is 0. The second kappa shape index (κ2) is 12.9. The van der Waals surface area contributed by atoms with E-state index in [4.69, 9.17) is 9.97 Å². The Labute approximate surface area is 270 Å². The molecule has 0 aliphatic carbocycles. The molecule has 8 bridgehead atoms. The van der Waals surface area contributed by atoms with Gasteiger partial charge < -0.3 is 25.3 Å². The zero-order chi connectivity index (χ0) is 32.0. The number of aromatic carboxylic acids is 1. The number of allylic oxidation sites excluding steroid dienone is 3. The number of aromatic amines is 2. The number of hydrogen-bond donors (Lipinski definition) is 5. The summed E-state index contributed by atoms with van der Waals surface area (Å²) in [5.41, 5.74) is 9.27. The fourth-order valence-electron chi connectivity index (χ4n) is 6.53. The van der Waals surface area contributed by atoms with Gasteiger partial charge in [0.1, 0.15) is 0 Å². The molecule has 2 atom stereocenters. The van der Waals surface area contributed by atoms with Gasteiger partial charge in [0.05, 0.1) is 34.6 Å². The average molecular weight is 653 g/mol. The van der Waals surface area contributed by atoms with Crippen LogP contribution in [-0.4, -0.2) is 53.2 Å². The zero-order valence-electron chi connectivity index (χ0n) is 25.8. The number of carbonyl (C=O) groups is 3. The fraction of sp³-hybridized carbons (Fsp3) is 0.324. The van der Waals surface area contributed by atoms with E-state index in [0.717, 1.165) is 45.4 Å². The smallest absolute Gasteiger partial charge is 0.338 e. The third-order valence-corrected chi connectivity index (χ3v) is 8.95. The molecule has 2 aliphatic rings. The largest absolute Gasteiger partial charge is 0.481 e. The van der Waals surface area contributed by atoms with E-state index < -0.39 is 30.2 Å². The Morgan fingerprint density at radius 1 is 0.911 bits per heavy atom. The van der Waals surface area contributed by atoms with Gasteiger partial charge >= 0.3 is 17.9 Å². The van der Waals surface area contributed by atoms with E-state index in [9.17, 15) is 29.7 Å². The molecule has 0 saturated carbocycles. The quantitative estimate of drug-likeness (QED) is 0.168. The number of nitrogens with one attached hydrogen (secondary N) is 2. The Hall–Kier alpha value is -4.47. The van der Waals surface area contributed by atoms with Crippen LogP contribution in [0, 0.1) is 13.8 Å². The first-order valence-corrected chi connectivity index (χ1v) is 14.6. The molecule has 3 aromatic heterocycles. The molecule has 10 nitrogen and oxygen atoms in total. The van der Waals surface area contributed by atoms with Gasteiger partial charge in [-0.05, 0) is 74.1 Å². The van der Waals surface area contributed by atoms with E-state index in [1.54, 1.807) is 13.0 Å². The Morgan fingerprint density at radius 3 is 2.20 bits per heavy atom. The summed E-state index contributed by atoms with van der Waals surface area (Å²) in [6.45, 7) is 13.7. The molecule has 2 aliphatic heterocycles.